The molecule has 2 amide bonds. The molecule has 0 spiro atoms. The number of hydrogen-bond donors (Lipinski definition) is 2. The lowest BCUT2D eigenvalue weighted by Gasteiger charge is -2.15. The lowest BCUT2D eigenvalue weighted by molar-refractivity contribution is -0.127. The van der Waals surface area contributed by atoms with E-state index in [0.29, 0.717) is 11.0 Å². The second-order valence-corrected chi connectivity index (χ2v) is 7.16. The highest BCUT2D eigenvalue weighted by Crippen LogP contribution is 2.11. The molecule has 0 aliphatic rings. The first-order valence-electron chi connectivity index (χ1n) is 7.83. The van der Waals surface area contributed by atoms with Crippen LogP contribution >= 0.6 is 0 Å². The molecule has 26 heavy (non-hydrogen) atoms. The predicted octanol–water partition coefficient (Wildman–Crippen LogP) is 1.68. The van der Waals surface area contributed by atoms with Gasteiger partial charge in [0.05, 0.1) is 17.2 Å². The van der Waals surface area contributed by atoms with Crippen molar-refractivity contribution >= 4 is 22.6 Å². The lowest BCUT2D eigenvalue weighted by Crippen LogP contribution is -2.45. The van der Waals surface area contributed by atoms with E-state index in [4.69, 9.17) is 5.73 Å². The van der Waals surface area contributed by atoms with Gasteiger partial charge in [0.2, 0.25) is 11.8 Å². The third kappa shape index (κ3) is 5.73. The minimum absolute atomic E-state index is 0.0000163. The summed E-state index contributed by atoms with van der Waals surface area (Å²) in [7, 11) is -1.34. The van der Waals surface area contributed by atoms with Crippen molar-refractivity contribution in [3.05, 3.63) is 65.7 Å². The van der Waals surface area contributed by atoms with Gasteiger partial charge in [-0.25, -0.2) is 8.78 Å². The first kappa shape index (κ1) is 19.7. The van der Waals surface area contributed by atoms with E-state index in [9.17, 15) is 22.6 Å². The summed E-state index contributed by atoms with van der Waals surface area (Å²) in [5.41, 5.74) is 5.28. The smallest absolute Gasteiger partial charge is 0.240 e. The van der Waals surface area contributed by atoms with Crippen molar-refractivity contribution in [1.29, 1.82) is 0 Å². The van der Waals surface area contributed by atoms with Gasteiger partial charge in [-0.05, 0) is 30.2 Å². The minimum atomic E-state index is -1.34. The summed E-state index contributed by atoms with van der Waals surface area (Å²) in [4.78, 5) is 24.2. The molecule has 0 radical (unpaired) electrons. The number of halogens is 2. The zero-order valence-electron chi connectivity index (χ0n) is 13.8. The maximum Gasteiger partial charge on any atom is 0.240 e. The van der Waals surface area contributed by atoms with Gasteiger partial charge < -0.3 is 11.1 Å². The number of nitrogens with two attached hydrogens (primary N) is 1. The molecule has 0 bridgehead atoms. The number of rotatable bonds is 8. The fourth-order valence-corrected chi connectivity index (χ4v) is 3.43. The van der Waals surface area contributed by atoms with Crippen LogP contribution in [0.2, 0.25) is 0 Å². The molecule has 0 heterocycles. The van der Waals surface area contributed by atoms with Gasteiger partial charge in [-0.2, -0.15) is 0 Å². The second kappa shape index (κ2) is 9.19. The van der Waals surface area contributed by atoms with Crippen LogP contribution in [0.1, 0.15) is 12.0 Å². The quantitative estimate of drug-likeness (QED) is 0.730. The van der Waals surface area contributed by atoms with Crippen LogP contribution in [0.15, 0.2) is 53.4 Å². The van der Waals surface area contributed by atoms with Gasteiger partial charge >= 0.3 is 0 Å². The summed E-state index contributed by atoms with van der Waals surface area (Å²) in [6.07, 6.45) is -0.286. The van der Waals surface area contributed by atoms with Gasteiger partial charge in [0, 0.05) is 16.7 Å². The van der Waals surface area contributed by atoms with Gasteiger partial charge in [-0.3, -0.25) is 13.8 Å². The normalized spacial score (nSPS) is 13.0. The Balaban J connectivity index is 1.93. The van der Waals surface area contributed by atoms with Crippen molar-refractivity contribution in [2.45, 2.75) is 23.8 Å². The van der Waals surface area contributed by atoms with Crippen molar-refractivity contribution in [2.24, 2.45) is 5.73 Å². The Hall–Kier alpha value is -2.61. The zero-order chi connectivity index (χ0) is 19.1. The van der Waals surface area contributed by atoms with Crippen LogP contribution in [0.4, 0.5) is 8.78 Å². The summed E-state index contributed by atoms with van der Waals surface area (Å²) < 4.78 is 38.7. The monoisotopic (exact) mass is 380 g/mol. The van der Waals surface area contributed by atoms with Crippen LogP contribution in [-0.2, 0) is 26.8 Å². The molecule has 2 aromatic carbocycles. The third-order valence-corrected chi connectivity index (χ3v) is 5.05. The number of carbonyl (C=O) groups excluding carboxylic acids is 2. The molecule has 0 aliphatic carbocycles. The predicted molar refractivity (Wildman–Crippen MR) is 93.5 cm³/mol. The van der Waals surface area contributed by atoms with E-state index in [2.05, 4.69) is 5.32 Å². The standard InChI is InChI=1S/C18H18F2N2O3S/c19-13-7-6-12(15(20)11-13)10-17(23)22-16(18(21)24)8-9-26(25)14-4-2-1-3-5-14/h1-7,11,16H,8-10H2,(H2,21,24)(H,22,23)/t16-,26+/m1/s1. The third-order valence-electron chi connectivity index (χ3n) is 3.64. The molecule has 0 saturated carbocycles. The number of hydrogen-bond acceptors (Lipinski definition) is 3. The Morgan fingerprint density at radius 1 is 1.12 bits per heavy atom. The van der Waals surface area contributed by atoms with E-state index >= 15 is 0 Å². The van der Waals surface area contributed by atoms with Gasteiger partial charge in [0.25, 0.3) is 0 Å². The van der Waals surface area contributed by atoms with Crippen LogP contribution in [0.5, 0.6) is 0 Å². The number of amides is 2. The summed E-state index contributed by atoms with van der Waals surface area (Å²) in [6.45, 7) is 0. The molecule has 0 aromatic heterocycles. The van der Waals surface area contributed by atoms with E-state index in [-0.39, 0.29) is 24.2 Å². The van der Waals surface area contributed by atoms with Gasteiger partial charge in [-0.15, -0.1) is 0 Å². The fourth-order valence-electron chi connectivity index (χ4n) is 2.28. The maximum absolute atomic E-state index is 13.6. The number of primary amides is 1. The van der Waals surface area contributed by atoms with Crippen molar-refractivity contribution < 1.29 is 22.6 Å². The molecule has 3 N–H and O–H groups in total. The summed E-state index contributed by atoms with van der Waals surface area (Å²) >= 11 is 0. The Morgan fingerprint density at radius 2 is 1.81 bits per heavy atom. The van der Waals surface area contributed by atoms with Gasteiger partial charge in [0.1, 0.15) is 17.7 Å². The number of carbonyl (C=O) groups is 2. The molecular formula is C18H18F2N2O3S. The molecule has 138 valence electrons. The molecule has 0 unspecified atom stereocenters. The van der Waals surface area contributed by atoms with Crippen LogP contribution in [0.25, 0.3) is 0 Å². The van der Waals surface area contributed by atoms with E-state index < -0.39 is 40.3 Å². The number of benzene rings is 2. The average Bonchev–Trinajstić information content (AvgIpc) is 2.61. The van der Waals surface area contributed by atoms with Crippen molar-refractivity contribution in [3.8, 4) is 0 Å². The van der Waals surface area contributed by atoms with E-state index in [1.807, 2.05) is 0 Å². The van der Waals surface area contributed by atoms with Crippen LogP contribution < -0.4 is 11.1 Å². The summed E-state index contributed by atoms with van der Waals surface area (Å²) in [5, 5.41) is 2.41. The number of nitrogens with one attached hydrogen (secondary N) is 1. The molecule has 5 nitrogen and oxygen atoms in total. The highest BCUT2D eigenvalue weighted by atomic mass is 32.2. The van der Waals surface area contributed by atoms with Crippen LogP contribution in [0.3, 0.4) is 0 Å². The molecule has 0 saturated heterocycles. The largest absolute Gasteiger partial charge is 0.368 e. The van der Waals surface area contributed by atoms with E-state index in [1.54, 1.807) is 30.3 Å². The first-order valence-corrected chi connectivity index (χ1v) is 9.14. The van der Waals surface area contributed by atoms with Crippen molar-refractivity contribution in [3.63, 3.8) is 0 Å². The first-order chi connectivity index (χ1) is 12.4. The summed E-state index contributed by atoms with van der Waals surface area (Å²) in [5.74, 6) is -2.87. The average molecular weight is 380 g/mol. The fraction of sp³-hybridized carbons (Fsp3) is 0.222. The Kier molecular flexibility index (Phi) is 6.97. The molecule has 2 rings (SSSR count). The Morgan fingerprint density at radius 3 is 2.42 bits per heavy atom. The van der Waals surface area contributed by atoms with Crippen molar-refractivity contribution in [1.82, 2.24) is 5.32 Å². The van der Waals surface area contributed by atoms with Gasteiger partial charge in [0.15, 0.2) is 0 Å². The zero-order valence-corrected chi connectivity index (χ0v) is 14.6. The van der Waals surface area contributed by atoms with Crippen LogP contribution in [-0.4, -0.2) is 27.8 Å². The highest BCUT2D eigenvalue weighted by molar-refractivity contribution is 7.85. The highest BCUT2D eigenvalue weighted by Gasteiger charge is 2.20. The van der Waals surface area contributed by atoms with E-state index in [1.165, 1.54) is 0 Å². The molecule has 2 atom stereocenters. The molecule has 8 heteroatoms. The Bertz CT molecular complexity index is 815. The molecule has 0 aliphatic heterocycles. The van der Waals surface area contributed by atoms with Crippen LogP contribution in [0, 0.1) is 11.6 Å². The SMILES string of the molecule is NC(=O)[C@@H](CC[S@](=O)c1ccccc1)NC(=O)Cc1ccc(F)cc1F. The summed E-state index contributed by atoms with van der Waals surface area (Å²) in [6, 6.07) is 10.5. The van der Waals surface area contributed by atoms with Crippen molar-refractivity contribution in [2.75, 3.05) is 5.75 Å². The maximum atomic E-state index is 13.6. The second-order valence-electron chi connectivity index (χ2n) is 5.59. The minimum Gasteiger partial charge on any atom is -0.368 e. The molecule has 0 fully saturated rings. The Labute approximate surface area is 152 Å². The lowest BCUT2D eigenvalue weighted by atomic mass is 10.1. The topological polar surface area (TPSA) is 89.3 Å². The van der Waals surface area contributed by atoms with Gasteiger partial charge in [-0.1, -0.05) is 24.3 Å². The van der Waals surface area contributed by atoms with E-state index in [0.717, 1.165) is 12.1 Å². The molecule has 2 aromatic rings. The molecular weight excluding hydrogens is 362 g/mol.